The fourth-order valence-corrected chi connectivity index (χ4v) is 2.14. The molecular formula is C13H17NO2. The first-order valence-corrected chi connectivity index (χ1v) is 5.73. The second-order valence-corrected chi connectivity index (χ2v) is 4.34. The highest BCUT2D eigenvalue weighted by Crippen LogP contribution is 2.30. The quantitative estimate of drug-likeness (QED) is 0.802. The lowest BCUT2D eigenvalue weighted by Gasteiger charge is -2.21. The van der Waals surface area contributed by atoms with E-state index in [9.17, 15) is 9.90 Å². The zero-order valence-electron chi connectivity index (χ0n) is 9.71. The number of aryl methyl sites for hydroxylation is 2. The number of nitrogens with one attached hydrogen (secondary N) is 1. The van der Waals surface area contributed by atoms with E-state index in [1.54, 1.807) is 0 Å². The molecule has 0 aliphatic carbocycles. The highest BCUT2D eigenvalue weighted by atomic mass is 16.3. The summed E-state index contributed by atoms with van der Waals surface area (Å²) >= 11 is 0. The maximum absolute atomic E-state index is 11.3. The van der Waals surface area contributed by atoms with Crippen LogP contribution < -0.4 is 5.32 Å². The fourth-order valence-electron chi connectivity index (χ4n) is 2.14. The lowest BCUT2D eigenvalue weighted by molar-refractivity contribution is -0.116. The Hall–Kier alpha value is -1.35. The van der Waals surface area contributed by atoms with E-state index in [1.165, 1.54) is 0 Å². The van der Waals surface area contributed by atoms with E-state index in [1.807, 2.05) is 26.0 Å². The van der Waals surface area contributed by atoms with Gasteiger partial charge in [0.15, 0.2) is 0 Å². The number of carbonyl (C=O) groups excluding carboxylic acids is 1. The van der Waals surface area contributed by atoms with E-state index < -0.39 is 6.10 Å². The Labute approximate surface area is 95.5 Å². The van der Waals surface area contributed by atoms with Crippen molar-refractivity contribution in [3.63, 3.8) is 0 Å². The van der Waals surface area contributed by atoms with Gasteiger partial charge in [-0.3, -0.25) is 4.79 Å². The zero-order valence-corrected chi connectivity index (χ0v) is 9.71. The fraction of sp³-hybridized carbons (Fsp3) is 0.462. The predicted molar refractivity (Wildman–Crippen MR) is 63.4 cm³/mol. The van der Waals surface area contributed by atoms with Gasteiger partial charge in [0.1, 0.15) is 0 Å². The Morgan fingerprint density at radius 3 is 2.88 bits per heavy atom. The van der Waals surface area contributed by atoms with Crippen LogP contribution in [0.25, 0.3) is 0 Å². The maximum atomic E-state index is 11.3. The highest BCUT2D eigenvalue weighted by Gasteiger charge is 2.18. The van der Waals surface area contributed by atoms with E-state index in [-0.39, 0.29) is 5.91 Å². The molecule has 86 valence electrons. The Morgan fingerprint density at radius 1 is 1.44 bits per heavy atom. The molecular weight excluding hydrogens is 202 g/mol. The second-order valence-electron chi connectivity index (χ2n) is 4.34. The van der Waals surface area contributed by atoms with Crippen LogP contribution in [-0.2, 0) is 11.2 Å². The SMILES string of the molecule is CCC(O)c1cc(C)c2c(c1)CCC(=O)N2. The number of hydrogen-bond donors (Lipinski definition) is 2. The predicted octanol–water partition coefficient (Wildman–Crippen LogP) is 2.32. The zero-order chi connectivity index (χ0) is 11.7. The maximum Gasteiger partial charge on any atom is 0.224 e. The van der Waals surface area contributed by atoms with Crippen molar-refractivity contribution in [2.24, 2.45) is 0 Å². The van der Waals surface area contributed by atoms with Crippen molar-refractivity contribution in [3.8, 4) is 0 Å². The Balaban J connectivity index is 2.42. The second kappa shape index (κ2) is 4.26. The van der Waals surface area contributed by atoms with Crippen molar-refractivity contribution in [2.75, 3.05) is 5.32 Å². The van der Waals surface area contributed by atoms with Gasteiger partial charge < -0.3 is 10.4 Å². The summed E-state index contributed by atoms with van der Waals surface area (Å²) in [7, 11) is 0. The Morgan fingerprint density at radius 2 is 2.19 bits per heavy atom. The van der Waals surface area contributed by atoms with Crippen LogP contribution in [0.2, 0.25) is 0 Å². The largest absolute Gasteiger partial charge is 0.388 e. The first kappa shape index (κ1) is 11.1. The molecule has 0 radical (unpaired) electrons. The van der Waals surface area contributed by atoms with Gasteiger partial charge in [0.05, 0.1) is 6.10 Å². The van der Waals surface area contributed by atoms with Gasteiger partial charge in [-0.1, -0.05) is 19.1 Å². The van der Waals surface area contributed by atoms with E-state index in [0.29, 0.717) is 12.8 Å². The van der Waals surface area contributed by atoms with Crippen LogP contribution in [0, 0.1) is 6.92 Å². The molecule has 0 fully saturated rings. The van der Waals surface area contributed by atoms with E-state index in [4.69, 9.17) is 0 Å². The van der Waals surface area contributed by atoms with Crippen LogP contribution in [0.5, 0.6) is 0 Å². The molecule has 3 heteroatoms. The van der Waals surface area contributed by atoms with Crippen LogP contribution in [0.3, 0.4) is 0 Å². The van der Waals surface area contributed by atoms with Gasteiger partial charge in [0.2, 0.25) is 5.91 Å². The molecule has 0 aromatic heterocycles. The lowest BCUT2D eigenvalue weighted by Crippen LogP contribution is -2.20. The molecule has 2 rings (SSSR count). The topological polar surface area (TPSA) is 49.3 Å². The number of amides is 1. The Kier molecular flexibility index (Phi) is 2.97. The number of anilines is 1. The van der Waals surface area contributed by atoms with Crippen LogP contribution >= 0.6 is 0 Å². The van der Waals surface area contributed by atoms with Crippen molar-refractivity contribution in [2.45, 2.75) is 39.2 Å². The Bertz CT molecular complexity index is 426. The van der Waals surface area contributed by atoms with Crippen molar-refractivity contribution >= 4 is 11.6 Å². The van der Waals surface area contributed by atoms with Crippen molar-refractivity contribution in [3.05, 3.63) is 28.8 Å². The molecule has 0 saturated carbocycles. The summed E-state index contributed by atoms with van der Waals surface area (Å²) in [5.74, 6) is 0.0828. The summed E-state index contributed by atoms with van der Waals surface area (Å²) in [6, 6.07) is 3.97. The molecule has 1 aromatic carbocycles. The average molecular weight is 219 g/mol. The number of hydrogen-bond acceptors (Lipinski definition) is 2. The molecule has 1 unspecified atom stereocenters. The van der Waals surface area contributed by atoms with E-state index in [0.717, 1.165) is 28.8 Å². The molecule has 0 saturated heterocycles. The molecule has 16 heavy (non-hydrogen) atoms. The van der Waals surface area contributed by atoms with Gasteiger partial charge in [-0.05, 0) is 36.5 Å². The van der Waals surface area contributed by atoms with Crippen molar-refractivity contribution in [1.29, 1.82) is 0 Å². The van der Waals surface area contributed by atoms with Gasteiger partial charge in [-0.25, -0.2) is 0 Å². The molecule has 1 amide bonds. The van der Waals surface area contributed by atoms with Crippen LogP contribution in [0.1, 0.15) is 42.6 Å². The van der Waals surface area contributed by atoms with Gasteiger partial charge in [0.25, 0.3) is 0 Å². The summed E-state index contributed by atoms with van der Waals surface area (Å²) in [6.07, 6.45) is 1.62. The number of aliphatic hydroxyl groups is 1. The number of carbonyl (C=O) groups is 1. The number of aliphatic hydroxyl groups excluding tert-OH is 1. The third kappa shape index (κ3) is 1.95. The first-order chi connectivity index (χ1) is 7.61. The van der Waals surface area contributed by atoms with E-state index in [2.05, 4.69) is 5.32 Å². The average Bonchev–Trinajstić information content (AvgIpc) is 2.28. The number of benzene rings is 1. The highest BCUT2D eigenvalue weighted by molar-refractivity contribution is 5.94. The van der Waals surface area contributed by atoms with Gasteiger partial charge in [-0.15, -0.1) is 0 Å². The number of rotatable bonds is 2. The summed E-state index contributed by atoms with van der Waals surface area (Å²) in [6.45, 7) is 3.93. The molecule has 1 aliphatic rings. The minimum Gasteiger partial charge on any atom is -0.388 e. The molecule has 2 N–H and O–H groups in total. The third-order valence-corrected chi connectivity index (χ3v) is 3.10. The summed E-state index contributed by atoms with van der Waals surface area (Å²) < 4.78 is 0. The molecule has 1 aliphatic heterocycles. The first-order valence-electron chi connectivity index (χ1n) is 5.73. The molecule has 1 heterocycles. The van der Waals surface area contributed by atoms with Gasteiger partial charge in [0, 0.05) is 12.1 Å². The van der Waals surface area contributed by atoms with Crippen LogP contribution in [0.4, 0.5) is 5.69 Å². The number of fused-ring (bicyclic) bond motifs is 1. The minimum absolute atomic E-state index is 0.0828. The molecule has 3 nitrogen and oxygen atoms in total. The summed E-state index contributed by atoms with van der Waals surface area (Å²) in [5.41, 5.74) is 4.06. The van der Waals surface area contributed by atoms with Crippen molar-refractivity contribution < 1.29 is 9.90 Å². The normalized spacial score (nSPS) is 16.6. The molecule has 1 atom stereocenters. The molecule has 0 bridgehead atoms. The van der Waals surface area contributed by atoms with Crippen molar-refractivity contribution in [1.82, 2.24) is 0 Å². The van der Waals surface area contributed by atoms with E-state index >= 15 is 0 Å². The third-order valence-electron chi connectivity index (χ3n) is 3.10. The van der Waals surface area contributed by atoms with Crippen LogP contribution in [-0.4, -0.2) is 11.0 Å². The lowest BCUT2D eigenvalue weighted by atomic mass is 9.94. The standard InChI is InChI=1S/C13H17NO2/c1-3-11(15)10-6-8(2)13-9(7-10)4-5-12(16)14-13/h6-7,11,15H,3-5H2,1-2H3,(H,14,16). The summed E-state index contributed by atoms with van der Waals surface area (Å²) in [5, 5.41) is 12.7. The van der Waals surface area contributed by atoms with Gasteiger partial charge >= 0.3 is 0 Å². The molecule has 1 aromatic rings. The molecule has 0 spiro atoms. The smallest absolute Gasteiger partial charge is 0.224 e. The summed E-state index contributed by atoms with van der Waals surface area (Å²) in [4.78, 5) is 11.3. The monoisotopic (exact) mass is 219 g/mol. The van der Waals surface area contributed by atoms with Crippen LogP contribution in [0.15, 0.2) is 12.1 Å². The van der Waals surface area contributed by atoms with Gasteiger partial charge in [-0.2, -0.15) is 0 Å². The minimum atomic E-state index is -0.401.